The highest BCUT2D eigenvalue weighted by molar-refractivity contribution is 7.99. The SMILES string of the molecule is FC(F)Sc1ccc(NC(=S)NCC2COc3ccccc3O2)cc1. The summed E-state index contributed by atoms with van der Waals surface area (Å²) in [6, 6.07) is 14.2. The number of fused-ring (bicyclic) bond motifs is 1. The van der Waals surface area contributed by atoms with E-state index < -0.39 is 5.76 Å². The molecule has 0 aromatic heterocycles. The number of benzene rings is 2. The van der Waals surface area contributed by atoms with Crippen molar-refractivity contribution in [1.82, 2.24) is 5.32 Å². The minimum Gasteiger partial charge on any atom is -0.486 e. The van der Waals surface area contributed by atoms with Gasteiger partial charge in [-0.1, -0.05) is 23.9 Å². The molecule has 25 heavy (non-hydrogen) atoms. The largest absolute Gasteiger partial charge is 0.486 e. The lowest BCUT2D eigenvalue weighted by Gasteiger charge is -2.27. The fourth-order valence-electron chi connectivity index (χ4n) is 2.27. The van der Waals surface area contributed by atoms with Crippen LogP contribution in [0.15, 0.2) is 53.4 Å². The molecule has 1 aliphatic heterocycles. The Morgan fingerprint density at radius 1 is 1.16 bits per heavy atom. The molecule has 1 heterocycles. The van der Waals surface area contributed by atoms with Gasteiger partial charge >= 0.3 is 0 Å². The first kappa shape index (κ1) is 17.8. The zero-order chi connectivity index (χ0) is 17.6. The predicted molar refractivity (Wildman–Crippen MR) is 98.9 cm³/mol. The third-order valence-electron chi connectivity index (χ3n) is 3.40. The number of rotatable bonds is 5. The van der Waals surface area contributed by atoms with E-state index in [0.29, 0.717) is 40.7 Å². The number of para-hydroxylation sites is 2. The molecule has 4 nitrogen and oxygen atoms in total. The number of thiocarbonyl (C=S) groups is 1. The highest BCUT2D eigenvalue weighted by Crippen LogP contribution is 2.30. The number of hydrogen-bond donors (Lipinski definition) is 2. The summed E-state index contributed by atoms with van der Waals surface area (Å²) in [6.45, 7) is 0.922. The molecule has 1 unspecified atom stereocenters. The van der Waals surface area contributed by atoms with E-state index in [2.05, 4.69) is 10.6 Å². The van der Waals surface area contributed by atoms with E-state index in [4.69, 9.17) is 21.7 Å². The summed E-state index contributed by atoms with van der Waals surface area (Å²) in [6.07, 6.45) is -0.153. The van der Waals surface area contributed by atoms with Gasteiger partial charge in [0.2, 0.25) is 0 Å². The van der Waals surface area contributed by atoms with Crippen molar-refractivity contribution in [2.75, 3.05) is 18.5 Å². The van der Waals surface area contributed by atoms with Crippen LogP contribution in [-0.4, -0.2) is 30.1 Å². The van der Waals surface area contributed by atoms with E-state index in [9.17, 15) is 8.78 Å². The van der Waals surface area contributed by atoms with Crippen LogP contribution in [0.3, 0.4) is 0 Å². The first-order valence-electron chi connectivity index (χ1n) is 7.58. The Morgan fingerprint density at radius 3 is 2.60 bits per heavy atom. The second kappa shape index (κ2) is 8.35. The Hall–Kier alpha value is -2.06. The lowest BCUT2D eigenvalue weighted by atomic mass is 10.2. The molecule has 0 aliphatic carbocycles. The molecule has 2 aromatic carbocycles. The molecular weight excluding hydrogens is 366 g/mol. The molecule has 8 heteroatoms. The van der Waals surface area contributed by atoms with Crippen molar-refractivity contribution in [3.8, 4) is 11.5 Å². The van der Waals surface area contributed by atoms with Crippen molar-refractivity contribution < 1.29 is 18.3 Å². The number of nitrogens with one attached hydrogen (secondary N) is 2. The van der Waals surface area contributed by atoms with Crippen LogP contribution in [0, 0.1) is 0 Å². The van der Waals surface area contributed by atoms with E-state index in [-0.39, 0.29) is 6.10 Å². The smallest absolute Gasteiger partial charge is 0.288 e. The zero-order valence-corrected chi connectivity index (χ0v) is 14.7. The fraction of sp³-hybridized carbons (Fsp3) is 0.235. The molecule has 0 saturated heterocycles. The summed E-state index contributed by atoms with van der Waals surface area (Å²) in [4.78, 5) is 0.505. The second-order valence-corrected chi connectivity index (χ2v) is 6.71. The van der Waals surface area contributed by atoms with Gasteiger partial charge < -0.3 is 20.1 Å². The van der Waals surface area contributed by atoms with Crippen LogP contribution < -0.4 is 20.1 Å². The van der Waals surface area contributed by atoms with Gasteiger partial charge in [0.15, 0.2) is 16.6 Å². The molecule has 132 valence electrons. The summed E-state index contributed by atoms with van der Waals surface area (Å²) < 4.78 is 36.1. The number of hydrogen-bond acceptors (Lipinski definition) is 4. The second-order valence-electron chi connectivity index (χ2n) is 5.24. The quantitative estimate of drug-likeness (QED) is 0.599. The van der Waals surface area contributed by atoms with E-state index in [1.165, 1.54) is 0 Å². The van der Waals surface area contributed by atoms with Crippen LogP contribution in [0.4, 0.5) is 14.5 Å². The third kappa shape index (κ3) is 5.20. The first-order valence-corrected chi connectivity index (χ1v) is 8.87. The molecule has 0 amide bonds. The molecule has 2 N–H and O–H groups in total. The minimum absolute atomic E-state index is 0.153. The molecule has 0 saturated carbocycles. The van der Waals surface area contributed by atoms with Crippen molar-refractivity contribution in [1.29, 1.82) is 0 Å². The van der Waals surface area contributed by atoms with Gasteiger partial charge in [-0.3, -0.25) is 0 Å². The molecule has 0 radical (unpaired) electrons. The maximum Gasteiger partial charge on any atom is 0.288 e. The number of anilines is 1. The molecule has 2 aromatic rings. The van der Waals surface area contributed by atoms with Crippen molar-refractivity contribution in [3.63, 3.8) is 0 Å². The summed E-state index contributed by atoms with van der Waals surface area (Å²) >= 11 is 5.75. The number of halogens is 2. The number of thioether (sulfide) groups is 1. The van der Waals surface area contributed by atoms with Crippen LogP contribution in [0.2, 0.25) is 0 Å². The predicted octanol–water partition coefficient (Wildman–Crippen LogP) is 4.13. The van der Waals surface area contributed by atoms with Gasteiger partial charge in [-0.25, -0.2) is 0 Å². The monoisotopic (exact) mass is 382 g/mol. The maximum atomic E-state index is 12.3. The standard InChI is InChI=1S/C17H16F2N2O2S2/c18-16(19)25-13-7-5-11(6-8-13)21-17(24)20-9-12-10-22-14-3-1-2-4-15(14)23-12/h1-8,12,16H,9-10H2,(H2,20,21,24). The topological polar surface area (TPSA) is 42.5 Å². The van der Waals surface area contributed by atoms with E-state index >= 15 is 0 Å². The molecule has 1 atom stereocenters. The zero-order valence-electron chi connectivity index (χ0n) is 13.1. The molecule has 0 bridgehead atoms. The molecule has 0 fully saturated rings. The van der Waals surface area contributed by atoms with Gasteiger partial charge in [-0.2, -0.15) is 8.78 Å². The van der Waals surface area contributed by atoms with Gasteiger partial charge in [0, 0.05) is 10.6 Å². The van der Waals surface area contributed by atoms with Crippen molar-refractivity contribution in [3.05, 3.63) is 48.5 Å². The number of ether oxygens (including phenoxy) is 2. The Bertz CT molecular complexity index is 729. The van der Waals surface area contributed by atoms with Gasteiger partial charge in [-0.15, -0.1) is 0 Å². The van der Waals surface area contributed by atoms with Gasteiger partial charge in [0.05, 0.1) is 6.54 Å². The Kier molecular flexibility index (Phi) is 5.93. The summed E-state index contributed by atoms with van der Waals surface area (Å²) in [7, 11) is 0. The lowest BCUT2D eigenvalue weighted by molar-refractivity contribution is 0.0939. The van der Waals surface area contributed by atoms with Gasteiger partial charge in [0.1, 0.15) is 12.7 Å². The van der Waals surface area contributed by atoms with Crippen LogP contribution >= 0.6 is 24.0 Å². The van der Waals surface area contributed by atoms with Crippen LogP contribution in [-0.2, 0) is 0 Å². The lowest BCUT2D eigenvalue weighted by Crippen LogP contribution is -2.42. The van der Waals surface area contributed by atoms with E-state index in [1.54, 1.807) is 24.3 Å². The molecular formula is C17H16F2N2O2S2. The summed E-state index contributed by atoms with van der Waals surface area (Å²) in [5.41, 5.74) is 0.724. The Morgan fingerprint density at radius 2 is 1.88 bits per heavy atom. The van der Waals surface area contributed by atoms with Crippen LogP contribution in [0.5, 0.6) is 11.5 Å². The van der Waals surface area contributed by atoms with Crippen LogP contribution in [0.1, 0.15) is 0 Å². The normalized spacial score (nSPS) is 15.7. The average Bonchev–Trinajstić information content (AvgIpc) is 2.61. The maximum absolute atomic E-state index is 12.3. The van der Waals surface area contributed by atoms with Crippen LogP contribution in [0.25, 0.3) is 0 Å². The van der Waals surface area contributed by atoms with Crippen molar-refractivity contribution in [2.45, 2.75) is 16.8 Å². The third-order valence-corrected chi connectivity index (χ3v) is 4.36. The van der Waals surface area contributed by atoms with Gasteiger partial charge in [-0.05, 0) is 48.6 Å². The number of alkyl halides is 2. The summed E-state index contributed by atoms with van der Waals surface area (Å²) in [5, 5.41) is 6.50. The Balaban J connectivity index is 1.45. The molecule has 3 rings (SSSR count). The fourth-order valence-corrected chi connectivity index (χ4v) is 2.97. The first-order chi connectivity index (χ1) is 12.1. The highest BCUT2D eigenvalue weighted by Gasteiger charge is 2.20. The van der Waals surface area contributed by atoms with Crippen molar-refractivity contribution >= 4 is 34.8 Å². The molecule has 0 spiro atoms. The van der Waals surface area contributed by atoms with Crippen molar-refractivity contribution in [2.24, 2.45) is 0 Å². The molecule has 1 aliphatic rings. The minimum atomic E-state index is -2.43. The Labute approximate surface area is 153 Å². The highest BCUT2D eigenvalue weighted by atomic mass is 32.2. The average molecular weight is 382 g/mol. The van der Waals surface area contributed by atoms with E-state index in [1.807, 2.05) is 24.3 Å². The summed E-state index contributed by atoms with van der Waals surface area (Å²) in [5.74, 6) is -0.975. The van der Waals surface area contributed by atoms with Gasteiger partial charge in [0.25, 0.3) is 5.76 Å². The van der Waals surface area contributed by atoms with E-state index in [0.717, 1.165) is 11.4 Å².